The fraction of sp³-hybridized carbons (Fsp3) is 0.350. The van der Waals surface area contributed by atoms with Crippen molar-refractivity contribution in [3.05, 3.63) is 48.0 Å². The molecule has 0 saturated carbocycles. The maximum atomic E-state index is 5.95. The minimum Gasteiger partial charge on any atom is -0.496 e. The van der Waals surface area contributed by atoms with Gasteiger partial charge in [0.25, 0.3) is 0 Å². The Balaban J connectivity index is 0.00000364. The molecule has 0 aliphatic rings. The third-order valence-corrected chi connectivity index (χ3v) is 3.79. The molecule has 2 aromatic carbocycles. The highest BCUT2D eigenvalue weighted by atomic mass is 127. The van der Waals surface area contributed by atoms with Crippen molar-refractivity contribution in [3.8, 4) is 17.2 Å². The van der Waals surface area contributed by atoms with Gasteiger partial charge in [-0.15, -0.1) is 24.0 Å². The van der Waals surface area contributed by atoms with Gasteiger partial charge in [-0.3, -0.25) is 0 Å². The number of anilines is 1. The molecule has 0 amide bonds. The van der Waals surface area contributed by atoms with E-state index < -0.39 is 0 Å². The van der Waals surface area contributed by atoms with Gasteiger partial charge in [-0.25, -0.2) is 4.99 Å². The van der Waals surface area contributed by atoms with Gasteiger partial charge < -0.3 is 25.3 Å². The number of ether oxygens (including phenoxy) is 3. The number of aliphatic imine (C=N–C) groups is 1. The van der Waals surface area contributed by atoms with Crippen LogP contribution >= 0.6 is 24.0 Å². The van der Waals surface area contributed by atoms with Gasteiger partial charge >= 0.3 is 0 Å². The first-order valence-corrected chi connectivity index (χ1v) is 8.54. The summed E-state index contributed by atoms with van der Waals surface area (Å²) in [5.74, 6) is 2.83. The Labute approximate surface area is 178 Å². The molecule has 0 spiro atoms. The van der Waals surface area contributed by atoms with E-state index in [1.807, 2.05) is 12.1 Å². The van der Waals surface area contributed by atoms with Crippen LogP contribution in [0.4, 0.5) is 5.69 Å². The van der Waals surface area contributed by atoms with Gasteiger partial charge in [0.05, 0.1) is 20.8 Å². The van der Waals surface area contributed by atoms with Crippen molar-refractivity contribution in [2.75, 3.05) is 32.7 Å². The van der Waals surface area contributed by atoms with Crippen LogP contribution in [0.25, 0.3) is 0 Å². The molecule has 3 N–H and O–H groups in total. The zero-order chi connectivity index (χ0) is 18.9. The first-order chi connectivity index (χ1) is 12.5. The van der Waals surface area contributed by atoms with Crippen molar-refractivity contribution in [3.63, 3.8) is 0 Å². The van der Waals surface area contributed by atoms with Gasteiger partial charge in [0.2, 0.25) is 0 Å². The molecule has 6 nitrogen and oxygen atoms in total. The van der Waals surface area contributed by atoms with Crippen molar-refractivity contribution in [2.24, 2.45) is 10.7 Å². The molecule has 0 fully saturated rings. The van der Waals surface area contributed by atoms with Crippen molar-refractivity contribution >= 4 is 35.6 Å². The Bertz CT molecular complexity index is 729. The monoisotopic (exact) mass is 485 g/mol. The largest absolute Gasteiger partial charge is 0.496 e. The van der Waals surface area contributed by atoms with Crippen molar-refractivity contribution in [1.82, 2.24) is 0 Å². The summed E-state index contributed by atoms with van der Waals surface area (Å²) < 4.78 is 16.1. The standard InChI is InChI=1S/C20H27N3O3.HI/c1-14(2)15-6-5-7-16(10-15)23-20(21)22-8-9-26-19-12-17(24-3)11-18(13-19)25-4;/h5-7,10-14H,8-9H2,1-4H3,(H3,21,22,23);1H. The normalized spacial score (nSPS) is 10.9. The number of guanidine groups is 1. The Kier molecular flexibility index (Phi) is 9.77. The summed E-state index contributed by atoms with van der Waals surface area (Å²) in [4.78, 5) is 4.29. The van der Waals surface area contributed by atoms with Crippen LogP contribution in [0.1, 0.15) is 25.3 Å². The fourth-order valence-electron chi connectivity index (χ4n) is 2.36. The Morgan fingerprint density at radius 1 is 1.04 bits per heavy atom. The highest BCUT2D eigenvalue weighted by Gasteiger charge is 2.03. The third kappa shape index (κ3) is 7.54. The number of nitrogens with zero attached hydrogens (tertiary/aromatic N) is 1. The smallest absolute Gasteiger partial charge is 0.193 e. The van der Waals surface area contributed by atoms with E-state index >= 15 is 0 Å². The van der Waals surface area contributed by atoms with E-state index in [-0.39, 0.29) is 24.0 Å². The summed E-state index contributed by atoms with van der Waals surface area (Å²) in [6, 6.07) is 13.5. The summed E-state index contributed by atoms with van der Waals surface area (Å²) in [7, 11) is 3.20. The van der Waals surface area contributed by atoms with Gasteiger partial charge in [0.15, 0.2) is 5.96 Å². The molecule has 7 heteroatoms. The molecular weight excluding hydrogens is 457 g/mol. The molecule has 0 aliphatic heterocycles. The zero-order valence-electron chi connectivity index (χ0n) is 16.2. The lowest BCUT2D eigenvalue weighted by Crippen LogP contribution is -2.23. The number of methoxy groups -OCH3 is 2. The molecule has 0 atom stereocenters. The van der Waals surface area contributed by atoms with Crippen LogP contribution in [0.2, 0.25) is 0 Å². The van der Waals surface area contributed by atoms with Crippen LogP contribution in [-0.4, -0.2) is 33.3 Å². The van der Waals surface area contributed by atoms with Gasteiger partial charge in [-0.05, 0) is 23.6 Å². The molecule has 0 unspecified atom stereocenters. The summed E-state index contributed by atoms with van der Waals surface area (Å²) in [6.45, 7) is 5.13. The van der Waals surface area contributed by atoms with Crippen molar-refractivity contribution in [2.45, 2.75) is 19.8 Å². The van der Waals surface area contributed by atoms with Crippen molar-refractivity contribution < 1.29 is 14.2 Å². The van der Waals surface area contributed by atoms with Crippen LogP contribution < -0.4 is 25.3 Å². The maximum absolute atomic E-state index is 5.95. The number of hydrogen-bond acceptors (Lipinski definition) is 4. The first kappa shape index (κ1) is 22.9. The lowest BCUT2D eigenvalue weighted by atomic mass is 10.0. The van der Waals surface area contributed by atoms with E-state index in [0.717, 1.165) is 5.69 Å². The number of nitrogens with two attached hydrogens (primary N) is 1. The molecule has 0 radical (unpaired) electrons. The third-order valence-electron chi connectivity index (χ3n) is 3.79. The average molecular weight is 485 g/mol. The second-order valence-corrected chi connectivity index (χ2v) is 6.07. The highest BCUT2D eigenvalue weighted by Crippen LogP contribution is 2.27. The number of nitrogens with one attached hydrogen (secondary N) is 1. The predicted octanol–water partition coefficient (Wildman–Crippen LogP) is 4.25. The van der Waals surface area contributed by atoms with E-state index in [9.17, 15) is 0 Å². The molecule has 148 valence electrons. The van der Waals surface area contributed by atoms with Gasteiger partial charge in [-0.2, -0.15) is 0 Å². The van der Waals surface area contributed by atoms with Gasteiger partial charge in [0, 0.05) is 23.9 Å². The van der Waals surface area contributed by atoms with E-state index in [4.69, 9.17) is 19.9 Å². The minimum atomic E-state index is 0. The Morgan fingerprint density at radius 2 is 1.67 bits per heavy atom. The van der Waals surface area contributed by atoms with Crippen LogP contribution in [0.5, 0.6) is 17.2 Å². The average Bonchev–Trinajstić information content (AvgIpc) is 2.65. The lowest BCUT2D eigenvalue weighted by Gasteiger charge is -2.11. The fourth-order valence-corrected chi connectivity index (χ4v) is 2.36. The highest BCUT2D eigenvalue weighted by molar-refractivity contribution is 14.0. The molecule has 0 bridgehead atoms. The molecule has 0 aromatic heterocycles. The van der Waals surface area contributed by atoms with E-state index in [1.54, 1.807) is 32.4 Å². The topological polar surface area (TPSA) is 78.1 Å². The van der Waals surface area contributed by atoms with Crippen LogP contribution in [0.15, 0.2) is 47.5 Å². The number of halogens is 1. The van der Waals surface area contributed by atoms with Gasteiger partial charge in [0.1, 0.15) is 23.9 Å². The Morgan fingerprint density at radius 3 is 2.26 bits per heavy atom. The van der Waals surface area contributed by atoms with E-state index in [2.05, 4.69) is 36.3 Å². The second-order valence-electron chi connectivity index (χ2n) is 6.07. The summed E-state index contributed by atoms with van der Waals surface area (Å²) in [6.07, 6.45) is 0. The number of benzene rings is 2. The molecule has 27 heavy (non-hydrogen) atoms. The zero-order valence-corrected chi connectivity index (χ0v) is 18.5. The summed E-state index contributed by atoms with van der Waals surface area (Å²) in [5.41, 5.74) is 8.12. The lowest BCUT2D eigenvalue weighted by molar-refractivity contribution is 0.321. The Hall–Kier alpha value is -2.16. The van der Waals surface area contributed by atoms with E-state index in [1.165, 1.54) is 5.56 Å². The molecule has 2 rings (SSSR count). The SMILES string of the molecule is COc1cc(OC)cc(OCCN=C(N)Nc2cccc(C(C)C)c2)c1.I. The second kappa shape index (κ2) is 11.5. The summed E-state index contributed by atoms with van der Waals surface area (Å²) in [5, 5.41) is 3.10. The summed E-state index contributed by atoms with van der Waals surface area (Å²) >= 11 is 0. The predicted molar refractivity (Wildman–Crippen MR) is 121 cm³/mol. The van der Waals surface area contributed by atoms with Crippen LogP contribution in [0, 0.1) is 0 Å². The minimum absolute atomic E-state index is 0. The quantitative estimate of drug-likeness (QED) is 0.253. The van der Waals surface area contributed by atoms with Gasteiger partial charge in [-0.1, -0.05) is 26.0 Å². The molecule has 2 aromatic rings. The molecule has 0 aliphatic carbocycles. The van der Waals surface area contributed by atoms with Crippen LogP contribution in [-0.2, 0) is 0 Å². The molecular formula is C20H28IN3O3. The first-order valence-electron chi connectivity index (χ1n) is 8.54. The van der Waals surface area contributed by atoms with Crippen molar-refractivity contribution in [1.29, 1.82) is 0 Å². The number of rotatable bonds is 8. The number of hydrogen-bond donors (Lipinski definition) is 2. The molecule has 0 saturated heterocycles. The van der Waals surface area contributed by atoms with Crippen LogP contribution in [0.3, 0.4) is 0 Å². The van der Waals surface area contributed by atoms with E-state index in [0.29, 0.717) is 42.3 Å². The maximum Gasteiger partial charge on any atom is 0.193 e. The molecule has 0 heterocycles.